The average molecular weight is 301 g/mol. The van der Waals surface area contributed by atoms with Crippen LogP contribution in [0.1, 0.15) is 12.8 Å². The molecule has 2 heterocycles. The van der Waals surface area contributed by atoms with Crippen LogP contribution >= 0.6 is 0 Å². The van der Waals surface area contributed by atoms with E-state index in [1.54, 1.807) is 0 Å². The highest BCUT2D eigenvalue weighted by atomic mass is 16.4. The summed E-state index contributed by atoms with van der Waals surface area (Å²) in [4.78, 5) is 25.9. The molecule has 1 N–H and O–H groups in total. The van der Waals surface area contributed by atoms with Gasteiger partial charge in [-0.3, -0.25) is 4.79 Å². The highest BCUT2D eigenvalue weighted by molar-refractivity contribution is 5.84. The Morgan fingerprint density at radius 3 is 2.77 bits per heavy atom. The molecule has 1 aromatic heterocycles. The van der Waals surface area contributed by atoms with Gasteiger partial charge in [-0.05, 0) is 18.1 Å². The molecule has 1 saturated heterocycles. The largest absolute Gasteiger partial charge is 0.480 e. The third kappa shape index (κ3) is 2.80. The van der Waals surface area contributed by atoms with Gasteiger partial charge in [0.25, 0.3) is 0 Å². The lowest BCUT2D eigenvalue weighted by atomic mass is 10.2. The van der Waals surface area contributed by atoms with Crippen molar-refractivity contribution < 1.29 is 14.7 Å². The Hall–Kier alpha value is -2.77. The molecule has 1 fully saturated rings. The Morgan fingerprint density at radius 2 is 2.05 bits per heavy atom. The second-order valence-corrected chi connectivity index (χ2v) is 5.09. The van der Waals surface area contributed by atoms with Crippen molar-refractivity contribution in [2.75, 3.05) is 6.54 Å². The number of aliphatic carboxylic acids is 1. The van der Waals surface area contributed by atoms with E-state index in [-0.39, 0.29) is 12.5 Å². The molecule has 8 heteroatoms. The number of likely N-dealkylation sites (tertiary alicyclic amines) is 1. The average Bonchev–Trinajstić information content (AvgIpc) is 3.17. The lowest BCUT2D eigenvalue weighted by Gasteiger charge is -2.20. The molecule has 1 atom stereocenters. The summed E-state index contributed by atoms with van der Waals surface area (Å²) in [5.74, 6) is -0.839. The van der Waals surface area contributed by atoms with Crippen LogP contribution in [0.25, 0.3) is 11.4 Å². The molecular weight excluding hydrogens is 286 g/mol. The minimum Gasteiger partial charge on any atom is -0.480 e. The number of hydrogen-bond acceptors (Lipinski definition) is 5. The first-order chi connectivity index (χ1) is 10.6. The van der Waals surface area contributed by atoms with Gasteiger partial charge in [0.2, 0.25) is 11.7 Å². The number of carbonyl (C=O) groups excluding carboxylic acids is 1. The summed E-state index contributed by atoms with van der Waals surface area (Å²) in [5.41, 5.74) is 0.811. The van der Waals surface area contributed by atoms with Crippen molar-refractivity contribution >= 4 is 11.9 Å². The summed E-state index contributed by atoms with van der Waals surface area (Å²) in [6, 6.07) is 8.57. The summed E-state index contributed by atoms with van der Waals surface area (Å²) < 4.78 is 0. The Morgan fingerprint density at radius 1 is 1.27 bits per heavy atom. The zero-order valence-corrected chi connectivity index (χ0v) is 11.8. The van der Waals surface area contributed by atoms with Crippen LogP contribution in [0.2, 0.25) is 0 Å². The molecule has 3 rings (SSSR count). The molecular formula is C14H15N5O3. The topological polar surface area (TPSA) is 101 Å². The molecule has 0 aliphatic carbocycles. The van der Waals surface area contributed by atoms with Gasteiger partial charge in [0.1, 0.15) is 12.6 Å². The van der Waals surface area contributed by atoms with Crippen LogP contribution in [0.4, 0.5) is 0 Å². The summed E-state index contributed by atoms with van der Waals surface area (Å²) in [6.45, 7) is 0.347. The first-order valence-corrected chi connectivity index (χ1v) is 7.00. The molecule has 22 heavy (non-hydrogen) atoms. The predicted molar refractivity (Wildman–Crippen MR) is 75.6 cm³/mol. The minimum atomic E-state index is -0.970. The Balaban J connectivity index is 1.70. The molecule has 1 aliphatic rings. The van der Waals surface area contributed by atoms with E-state index in [1.165, 1.54) is 9.70 Å². The number of carbonyl (C=O) groups is 2. The second kappa shape index (κ2) is 5.92. The quantitative estimate of drug-likeness (QED) is 0.878. The SMILES string of the molecule is O=C(O)[C@H]1CCCN1C(=O)Cn1nnc(-c2ccccc2)n1. The molecule has 0 spiro atoms. The monoisotopic (exact) mass is 301 g/mol. The Kier molecular flexibility index (Phi) is 3.82. The van der Waals surface area contributed by atoms with Crippen molar-refractivity contribution in [2.45, 2.75) is 25.4 Å². The van der Waals surface area contributed by atoms with Crippen LogP contribution in [0.5, 0.6) is 0 Å². The molecule has 1 aromatic carbocycles. The first kappa shape index (κ1) is 14.2. The van der Waals surface area contributed by atoms with E-state index in [9.17, 15) is 9.59 Å². The van der Waals surface area contributed by atoms with Crippen LogP contribution < -0.4 is 0 Å². The molecule has 1 aliphatic heterocycles. The van der Waals surface area contributed by atoms with Crippen LogP contribution in [0, 0.1) is 0 Å². The third-order valence-electron chi connectivity index (χ3n) is 3.62. The number of tetrazole rings is 1. The number of carboxylic acid groups (broad SMARTS) is 1. The van der Waals surface area contributed by atoms with Gasteiger partial charge in [-0.15, -0.1) is 10.2 Å². The number of aromatic nitrogens is 4. The van der Waals surface area contributed by atoms with Crippen LogP contribution in [0.3, 0.4) is 0 Å². The lowest BCUT2D eigenvalue weighted by molar-refractivity contribution is -0.148. The third-order valence-corrected chi connectivity index (χ3v) is 3.62. The van der Waals surface area contributed by atoms with Gasteiger partial charge in [-0.25, -0.2) is 4.79 Å². The number of nitrogens with zero attached hydrogens (tertiary/aromatic N) is 5. The van der Waals surface area contributed by atoms with Gasteiger partial charge in [-0.2, -0.15) is 4.80 Å². The first-order valence-electron chi connectivity index (χ1n) is 7.00. The summed E-state index contributed by atoms with van der Waals surface area (Å²) >= 11 is 0. The standard InChI is InChI=1S/C14H15N5O3/c20-12(18-8-4-7-11(18)14(21)22)9-19-16-13(15-17-19)10-5-2-1-3-6-10/h1-3,5-6,11H,4,7-9H2,(H,21,22)/t11-/m1/s1. The van der Waals surface area contributed by atoms with Gasteiger partial charge < -0.3 is 10.0 Å². The molecule has 1 amide bonds. The second-order valence-electron chi connectivity index (χ2n) is 5.09. The smallest absolute Gasteiger partial charge is 0.326 e. The van der Waals surface area contributed by atoms with Gasteiger partial charge >= 0.3 is 5.97 Å². The predicted octanol–water partition coefficient (Wildman–Crippen LogP) is 0.416. The minimum absolute atomic E-state index is 0.108. The van der Waals surface area contributed by atoms with Crippen molar-refractivity contribution in [1.82, 2.24) is 25.1 Å². The van der Waals surface area contributed by atoms with Crippen molar-refractivity contribution in [3.8, 4) is 11.4 Å². The van der Waals surface area contributed by atoms with Gasteiger partial charge in [0, 0.05) is 12.1 Å². The Bertz CT molecular complexity index is 685. The number of amides is 1. The summed E-state index contributed by atoms with van der Waals surface area (Å²) in [6.07, 6.45) is 1.18. The van der Waals surface area contributed by atoms with Crippen molar-refractivity contribution in [2.24, 2.45) is 0 Å². The van der Waals surface area contributed by atoms with Crippen LogP contribution in [-0.2, 0) is 16.1 Å². The van der Waals surface area contributed by atoms with Crippen molar-refractivity contribution in [1.29, 1.82) is 0 Å². The molecule has 0 bridgehead atoms. The van der Waals surface area contributed by atoms with Gasteiger partial charge in [0.15, 0.2) is 0 Å². The highest BCUT2D eigenvalue weighted by Crippen LogP contribution is 2.18. The number of benzene rings is 1. The fraction of sp³-hybridized carbons (Fsp3) is 0.357. The molecule has 114 valence electrons. The van der Waals surface area contributed by atoms with E-state index >= 15 is 0 Å². The van der Waals surface area contributed by atoms with E-state index in [0.717, 1.165) is 5.56 Å². The molecule has 2 aromatic rings. The fourth-order valence-electron chi connectivity index (χ4n) is 2.55. The van der Waals surface area contributed by atoms with Crippen LogP contribution in [0.15, 0.2) is 30.3 Å². The molecule has 0 saturated carbocycles. The number of carboxylic acids is 1. The van der Waals surface area contributed by atoms with Gasteiger partial charge in [0.05, 0.1) is 0 Å². The maximum atomic E-state index is 12.2. The number of rotatable bonds is 4. The van der Waals surface area contributed by atoms with E-state index in [2.05, 4.69) is 15.4 Å². The summed E-state index contributed by atoms with van der Waals surface area (Å²) in [7, 11) is 0. The Labute approximate surface area is 126 Å². The molecule has 8 nitrogen and oxygen atoms in total. The van der Waals surface area contributed by atoms with Gasteiger partial charge in [-0.1, -0.05) is 30.3 Å². The maximum Gasteiger partial charge on any atom is 0.326 e. The van der Waals surface area contributed by atoms with E-state index in [1.807, 2.05) is 30.3 Å². The molecule has 0 radical (unpaired) electrons. The van der Waals surface area contributed by atoms with Crippen LogP contribution in [-0.4, -0.2) is 54.7 Å². The normalized spacial score (nSPS) is 17.6. The molecule has 0 unspecified atom stereocenters. The fourth-order valence-corrected chi connectivity index (χ4v) is 2.55. The van der Waals surface area contributed by atoms with E-state index in [0.29, 0.717) is 25.2 Å². The lowest BCUT2D eigenvalue weighted by Crippen LogP contribution is -2.42. The van der Waals surface area contributed by atoms with Crippen molar-refractivity contribution in [3.63, 3.8) is 0 Å². The van der Waals surface area contributed by atoms with E-state index < -0.39 is 12.0 Å². The summed E-state index contributed by atoms with van der Waals surface area (Å²) in [5, 5.41) is 21.0. The zero-order valence-electron chi connectivity index (χ0n) is 11.8. The number of hydrogen-bond donors (Lipinski definition) is 1. The van der Waals surface area contributed by atoms with E-state index in [4.69, 9.17) is 5.11 Å². The highest BCUT2D eigenvalue weighted by Gasteiger charge is 2.34. The maximum absolute atomic E-state index is 12.2. The zero-order chi connectivity index (χ0) is 15.5. The van der Waals surface area contributed by atoms with Crippen molar-refractivity contribution in [3.05, 3.63) is 30.3 Å².